The molecule has 116 valence electrons. The fourth-order valence-corrected chi connectivity index (χ4v) is 2.27. The van der Waals surface area contributed by atoms with Crippen LogP contribution in [-0.4, -0.2) is 24.8 Å². The van der Waals surface area contributed by atoms with Gasteiger partial charge in [-0.15, -0.1) is 24.8 Å². The molecule has 1 unspecified atom stereocenters. The zero-order valence-corrected chi connectivity index (χ0v) is 12.5. The summed E-state index contributed by atoms with van der Waals surface area (Å²) in [5, 5.41) is 5.54. The summed E-state index contributed by atoms with van der Waals surface area (Å²) < 4.78 is 39.6. The third-order valence-corrected chi connectivity index (χ3v) is 3.40. The predicted octanol–water partition coefficient (Wildman–Crippen LogP) is 3.30. The highest BCUT2D eigenvalue weighted by atomic mass is 35.5. The van der Waals surface area contributed by atoms with Crippen LogP contribution >= 0.6 is 24.8 Å². The minimum atomic E-state index is -4.23. The largest absolute Gasteiger partial charge is 0.407 e. The molecule has 0 radical (unpaired) electrons. The third kappa shape index (κ3) is 4.52. The number of alkyl halides is 3. The standard InChI is InChI=1S/C13H17F3N2.2ClH/c14-13(15,16)12(7-4-8-17-10-12)18-9-11-5-2-1-3-6-11;;/h1-3,5-6,17-18H,4,7-10H2;2*1H. The minimum absolute atomic E-state index is 0. The lowest BCUT2D eigenvalue weighted by atomic mass is 9.89. The van der Waals surface area contributed by atoms with Crippen LogP contribution in [0, 0.1) is 0 Å². The van der Waals surface area contributed by atoms with Crippen molar-refractivity contribution < 1.29 is 13.2 Å². The summed E-state index contributed by atoms with van der Waals surface area (Å²) in [6.07, 6.45) is -3.55. The number of hydrogen-bond donors (Lipinski definition) is 2. The summed E-state index contributed by atoms with van der Waals surface area (Å²) in [7, 11) is 0. The van der Waals surface area contributed by atoms with E-state index in [0.29, 0.717) is 13.0 Å². The van der Waals surface area contributed by atoms with Crippen LogP contribution < -0.4 is 10.6 Å². The van der Waals surface area contributed by atoms with Crippen molar-refractivity contribution in [2.24, 2.45) is 0 Å². The van der Waals surface area contributed by atoms with Crippen LogP contribution in [0.1, 0.15) is 18.4 Å². The number of rotatable bonds is 3. The molecule has 0 bridgehead atoms. The number of piperidine rings is 1. The van der Waals surface area contributed by atoms with E-state index >= 15 is 0 Å². The van der Waals surface area contributed by atoms with E-state index in [2.05, 4.69) is 10.6 Å². The van der Waals surface area contributed by atoms with Crippen LogP contribution in [0.4, 0.5) is 13.2 Å². The topological polar surface area (TPSA) is 24.1 Å². The van der Waals surface area contributed by atoms with Gasteiger partial charge in [-0.25, -0.2) is 0 Å². The van der Waals surface area contributed by atoms with Crippen molar-refractivity contribution in [3.05, 3.63) is 35.9 Å². The maximum Gasteiger partial charge on any atom is 0.407 e. The van der Waals surface area contributed by atoms with Crippen LogP contribution in [0.2, 0.25) is 0 Å². The highest BCUT2D eigenvalue weighted by Gasteiger charge is 2.54. The second-order valence-electron chi connectivity index (χ2n) is 4.70. The zero-order valence-electron chi connectivity index (χ0n) is 10.9. The first kappa shape index (κ1) is 19.5. The summed E-state index contributed by atoms with van der Waals surface area (Å²) in [6, 6.07) is 9.17. The van der Waals surface area contributed by atoms with Crippen molar-refractivity contribution in [1.29, 1.82) is 0 Å². The Balaban J connectivity index is 0.00000180. The maximum absolute atomic E-state index is 13.2. The molecule has 20 heavy (non-hydrogen) atoms. The maximum atomic E-state index is 13.2. The van der Waals surface area contributed by atoms with Crippen molar-refractivity contribution in [1.82, 2.24) is 10.6 Å². The van der Waals surface area contributed by atoms with Gasteiger partial charge in [0, 0.05) is 13.1 Å². The molecule has 1 heterocycles. The normalized spacial score (nSPS) is 22.6. The number of benzene rings is 1. The molecular weight excluding hydrogens is 312 g/mol. The molecule has 1 aromatic carbocycles. The highest BCUT2D eigenvalue weighted by Crippen LogP contribution is 2.35. The Morgan fingerprint density at radius 1 is 1.15 bits per heavy atom. The molecule has 1 fully saturated rings. The van der Waals surface area contributed by atoms with Crippen molar-refractivity contribution in [2.45, 2.75) is 31.1 Å². The molecular formula is C13H19Cl2F3N2. The molecule has 7 heteroatoms. The van der Waals surface area contributed by atoms with Gasteiger partial charge in [-0.05, 0) is 24.9 Å². The van der Waals surface area contributed by atoms with E-state index in [4.69, 9.17) is 0 Å². The van der Waals surface area contributed by atoms with Crippen LogP contribution in [-0.2, 0) is 6.54 Å². The molecule has 1 aromatic rings. The van der Waals surface area contributed by atoms with Gasteiger partial charge in [0.2, 0.25) is 0 Å². The van der Waals surface area contributed by atoms with Gasteiger partial charge >= 0.3 is 6.18 Å². The Morgan fingerprint density at radius 2 is 1.80 bits per heavy atom. The second-order valence-corrected chi connectivity index (χ2v) is 4.70. The van der Waals surface area contributed by atoms with Gasteiger partial charge in [-0.3, -0.25) is 5.32 Å². The first-order chi connectivity index (χ1) is 8.54. The monoisotopic (exact) mass is 330 g/mol. The Kier molecular flexibility index (Phi) is 7.88. The van der Waals surface area contributed by atoms with Crippen molar-refractivity contribution in [3.8, 4) is 0 Å². The summed E-state index contributed by atoms with van der Waals surface area (Å²) in [6.45, 7) is 0.843. The Bertz CT molecular complexity index is 379. The molecule has 1 aliphatic heterocycles. The second kappa shape index (κ2) is 8.08. The SMILES string of the molecule is Cl.Cl.FC(F)(F)C1(NCc2ccccc2)CCCNC1. The summed E-state index contributed by atoms with van der Waals surface area (Å²) in [5.74, 6) is 0. The number of nitrogens with one attached hydrogen (secondary N) is 2. The van der Waals surface area contributed by atoms with E-state index in [1.807, 2.05) is 30.3 Å². The first-order valence-corrected chi connectivity index (χ1v) is 6.10. The van der Waals surface area contributed by atoms with E-state index in [0.717, 1.165) is 5.56 Å². The lowest BCUT2D eigenvalue weighted by molar-refractivity contribution is -0.201. The molecule has 2 nitrogen and oxygen atoms in total. The van der Waals surface area contributed by atoms with E-state index < -0.39 is 11.7 Å². The Hall–Kier alpha value is -0.490. The van der Waals surface area contributed by atoms with Crippen LogP contribution in [0.3, 0.4) is 0 Å². The molecule has 0 aromatic heterocycles. The van der Waals surface area contributed by atoms with E-state index in [-0.39, 0.29) is 44.3 Å². The quantitative estimate of drug-likeness (QED) is 0.888. The molecule has 1 atom stereocenters. The fraction of sp³-hybridized carbons (Fsp3) is 0.538. The van der Waals surface area contributed by atoms with E-state index in [1.54, 1.807) is 0 Å². The minimum Gasteiger partial charge on any atom is -0.315 e. The molecule has 0 saturated carbocycles. The van der Waals surface area contributed by atoms with Crippen molar-refractivity contribution in [2.75, 3.05) is 13.1 Å². The molecule has 1 saturated heterocycles. The average Bonchev–Trinajstić information content (AvgIpc) is 2.37. The molecule has 0 amide bonds. The van der Waals surface area contributed by atoms with Crippen LogP contribution in [0.5, 0.6) is 0 Å². The van der Waals surface area contributed by atoms with Crippen molar-refractivity contribution >= 4 is 24.8 Å². The van der Waals surface area contributed by atoms with Gasteiger partial charge in [0.05, 0.1) is 0 Å². The molecule has 1 aliphatic rings. The van der Waals surface area contributed by atoms with Gasteiger partial charge in [0.15, 0.2) is 0 Å². The Morgan fingerprint density at radius 3 is 2.30 bits per heavy atom. The first-order valence-electron chi connectivity index (χ1n) is 6.10. The molecule has 2 N–H and O–H groups in total. The Labute approximate surface area is 129 Å². The van der Waals surface area contributed by atoms with E-state index in [9.17, 15) is 13.2 Å². The molecule has 0 aliphatic carbocycles. The van der Waals surface area contributed by atoms with Gasteiger partial charge in [-0.2, -0.15) is 13.2 Å². The van der Waals surface area contributed by atoms with Crippen LogP contribution in [0.25, 0.3) is 0 Å². The fourth-order valence-electron chi connectivity index (χ4n) is 2.27. The predicted molar refractivity (Wildman–Crippen MR) is 78.7 cm³/mol. The molecule has 2 rings (SSSR count). The third-order valence-electron chi connectivity index (χ3n) is 3.40. The van der Waals surface area contributed by atoms with E-state index in [1.165, 1.54) is 0 Å². The van der Waals surface area contributed by atoms with Gasteiger partial charge in [0.25, 0.3) is 0 Å². The lowest BCUT2D eigenvalue weighted by Crippen LogP contribution is -2.64. The summed E-state index contributed by atoms with van der Waals surface area (Å²) in [5.41, 5.74) is -0.923. The van der Waals surface area contributed by atoms with Gasteiger partial charge in [0.1, 0.15) is 5.54 Å². The summed E-state index contributed by atoms with van der Waals surface area (Å²) in [4.78, 5) is 0. The highest BCUT2D eigenvalue weighted by molar-refractivity contribution is 5.85. The number of halogens is 5. The average molecular weight is 331 g/mol. The van der Waals surface area contributed by atoms with Crippen molar-refractivity contribution in [3.63, 3.8) is 0 Å². The lowest BCUT2D eigenvalue weighted by Gasteiger charge is -2.40. The summed E-state index contributed by atoms with van der Waals surface area (Å²) >= 11 is 0. The zero-order chi connectivity index (χ0) is 13.1. The molecule has 0 spiro atoms. The smallest absolute Gasteiger partial charge is 0.315 e. The number of hydrogen-bond acceptors (Lipinski definition) is 2. The van der Waals surface area contributed by atoms with Crippen LogP contribution in [0.15, 0.2) is 30.3 Å². The van der Waals surface area contributed by atoms with Gasteiger partial charge in [-0.1, -0.05) is 30.3 Å². The van der Waals surface area contributed by atoms with Gasteiger partial charge < -0.3 is 5.32 Å².